The van der Waals surface area contributed by atoms with Crippen molar-refractivity contribution >= 4 is 12.1 Å². The summed E-state index contributed by atoms with van der Waals surface area (Å²) in [4.78, 5) is 24.3. The summed E-state index contributed by atoms with van der Waals surface area (Å²) in [6.45, 7) is 1.89. The summed E-state index contributed by atoms with van der Waals surface area (Å²) in [6.07, 6.45) is -0.176. The molecule has 0 unspecified atom stereocenters. The Hall–Kier alpha value is -2.09. The van der Waals surface area contributed by atoms with E-state index in [-0.39, 0.29) is 17.4 Å². The highest BCUT2D eigenvalue weighted by Crippen LogP contribution is 2.19. The van der Waals surface area contributed by atoms with E-state index >= 15 is 0 Å². The van der Waals surface area contributed by atoms with E-state index < -0.39 is 6.16 Å². The van der Waals surface area contributed by atoms with Crippen molar-refractivity contribution in [1.82, 2.24) is 14.7 Å². The van der Waals surface area contributed by atoms with Crippen LogP contribution < -0.4 is 4.74 Å². The molecule has 0 spiro atoms. The van der Waals surface area contributed by atoms with Crippen molar-refractivity contribution in [1.29, 1.82) is 0 Å². The molecule has 2 heterocycles. The third-order valence-electron chi connectivity index (χ3n) is 2.60. The predicted molar refractivity (Wildman–Crippen MR) is 58.6 cm³/mol. The molecule has 1 aliphatic heterocycles. The number of hydrogen-bond acceptors (Lipinski definition) is 5. The third-order valence-corrected chi connectivity index (χ3v) is 2.60. The van der Waals surface area contributed by atoms with Crippen molar-refractivity contribution in [2.75, 3.05) is 26.3 Å². The molecule has 0 atom stereocenters. The van der Waals surface area contributed by atoms with Crippen molar-refractivity contribution in [2.24, 2.45) is 7.05 Å². The molecule has 1 aliphatic rings. The van der Waals surface area contributed by atoms with E-state index in [1.165, 1.54) is 17.9 Å². The molecule has 2 rings (SSSR count). The van der Waals surface area contributed by atoms with Crippen molar-refractivity contribution in [3.63, 3.8) is 0 Å². The van der Waals surface area contributed by atoms with Gasteiger partial charge in [-0.15, -0.1) is 0 Å². The molecule has 1 aromatic heterocycles. The number of rotatable bonds is 2. The van der Waals surface area contributed by atoms with Gasteiger partial charge in [-0.1, -0.05) is 0 Å². The first-order valence-electron chi connectivity index (χ1n) is 5.39. The molecule has 8 nitrogen and oxygen atoms in total. The van der Waals surface area contributed by atoms with E-state index in [4.69, 9.17) is 9.84 Å². The van der Waals surface area contributed by atoms with Gasteiger partial charge in [0.25, 0.3) is 5.91 Å². The number of hydrogen-bond donors (Lipinski definition) is 1. The van der Waals surface area contributed by atoms with Gasteiger partial charge in [0.05, 0.1) is 19.4 Å². The molecule has 18 heavy (non-hydrogen) atoms. The molecule has 1 saturated heterocycles. The minimum Gasteiger partial charge on any atom is -0.449 e. The molecule has 1 N–H and O–H groups in total. The largest absolute Gasteiger partial charge is 0.512 e. The number of carbonyl (C=O) groups is 2. The van der Waals surface area contributed by atoms with Crippen LogP contribution in [0.25, 0.3) is 0 Å². The fourth-order valence-corrected chi connectivity index (χ4v) is 1.71. The maximum atomic E-state index is 12.2. The molecular weight excluding hydrogens is 242 g/mol. The molecule has 98 valence electrons. The predicted octanol–water partition coefficient (Wildman–Crippen LogP) is -0.0507. The summed E-state index contributed by atoms with van der Waals surface area (Å²) in [7, 11) is 1.51. The van der Waals surface area contributed by atoms with E-state index in [1.807, 2.05) is 0 Å². The Balaban J connectivity index is 2.21. The number of carbonyl (C=O) groups excluding carboxylic acids is 1. The minimum atomic E-state index is -1.48. The standard InChI is InChI=1S/C10H13N3O5/c1-12-9(18-10(15)16)7(6-11-12)8(14)13-2-4-17-5-3-13/h6H,2-5H2,1H3,(H,15,16). The van der Waals surface area contributed by atoms with Crippen LogP contribution in [0.2, 0.25) is 0 Å². The summed E-state index contributed by atoms with van der Waals surface area (Å²) in [6, 6.07) is 0. The Morgan fingerprint density at radius 1 is 1.44 bits per heavy atom. The Morgan fingerprint density at radius 3 is 2.72 bits per heavy atom. The minimum absolute atomic E-state index is 0.0704. The quantitative estimate of drug-likeness (QED) is 0.744. The van der Waals surface area contributed by atoms with E-state index in [0.29, 0.717) is 26.3 Å². The third kappa shape index (κ3) is 2.43. The van der Waals surface area contributed by atoms with Crippen LogP contribution in [0.15, 0.2) is 6.20 Å². The zero-order valence-corrected chi connectivity index (χ0v) is 9.83. The maximum absolute atomic E-state index is 12.2. The SMILES string of the molecule is Cn1ncc(C(=O)N2CCOCC2)c1OC(=O)O. The summed E-state index contributed by atoms with van der Waals surface area (Å²) >= 11 is 0. The Bertz CT molecular complexity index is 464. The lowest BCUT2D eigenvalue weighted by Gasteiger charge is -2.26. The second kappa shape index (κ2) is 5.05. The monoisotopic (exact) mass is 255 g/mol. The van der Waals surface area contributed by atoms with E-state index in [9.17, 15) is 9.59 Å². The fraction of sp³-hybridized carbons (Fsp3) is 0.500. The molecule has 0 bridgehead atoms. The molecule has 0 saturated carbocycles. The van der Waals surface area contributed by atoms with Crippen LogP contribution in [0.3, 0.4) is 0 Å². The van der Waals surface area contributed by atoms with Crippen LogP contribution in [0.1, 0.15) is 10.4 Å². The van der Waals surface area contributed by atoms with Crippen molar-refractivity contribution < 1.29 is 24.2 Å². The molecule has 1 fully saturated rings. The average molecular weight is 255 g/mol. The summed E-state index contributed by atoms with van der Waals surface area (Å²) in [5.41, 5.74) is 0.141. The Labute approximate surface area is 103 Å². The number of aromatic nitrogens is 2. The lowest BCUT2D eigenvalue weighted by atomic mass is 10.2. The summed E-state index contributed by atoms with van der Waals surface area (Å²) < 4.78 is 10.9. The molecular formula is C10H13N3O5. The van der Waals surface area contributed by atoms with Crippen LogP contribution in [0.5, 0.6) is 5.88 Å². The smallest absolute Gasteiger partial charge is 0.449 e. The number of amides is 1. The van der Waals surface area contributed by atoms with Gasteiger partial charge in [-0.25, -0.2) is 9.48 Å². The first kappa shape index (κ1) is 12.4. The van der Waals surface area contributed by atoms with Gasteiger partial charge >= 0.3 is 6.16 Å². The highest BCUT2D eigenvalue weighted by Gasteiger charge is 2.25. The van der Waals surface area contributed by atoms with Gasteiger partial charge in [-0.3, -0.25) is 4.79 Å². The maximum Gasteiger partial charge on any atom is 0.512 e. The van der Waals surface area contributed by atoms with Crippen LogP contribution in [-0.2, 0) is 11.8 Å². The first-order valence-corrected chi connectivity index (χ1v) is 5.39. The first-order chi connectivity index (χ1) is 8.59. The van der Waals surface area contributed by atoms with Crippen molar-refractivity contribution in [2.45, 2.75) is 0 Å². The molecule has 0 aliphatic carbocycles. The van der Waals surface area contributed by atoms with Gasteiger partial charge in [0.15, 0.2) is 0 Å². The van der Waals surface area contributed by atoms with Crippen LogP contribution in [0.4, 0.5) is 4.79 Å². The second-order valence-electron chi connectivity index (χ2n) is 3.76. The van der Waals surface area contributed by atoms with E-state index in [1.54, 1.807) is 4.90 Å². The fourth-order valence-electron chi connectivity index (χ4n) is 1.71. The van der Waals surface area contributed by atoms with Gasteiger partial charge in [0.2, 0.25) is 5.88 Å². The Morgan fingerprint density at radius 2 is 2.11 bits per heavy atom. The van der Waals surface area contributed by atoms with Gasteiger partial charge in [0, 0.05) is 20.1 Å². The number of carboxylic acid groups (broad SMARTS) is 1. The van der Waals surface area contributed by atoms with Crippen molar-refractivity contribution in [3.05, 3.63) is 11.8 Å². The highest BCUT2D eigenvalue weighted by atomic mass is 16.7. The summed E-state index contributed by atoms with van der Waals surface area (Å²) in [5.74, 6) is -0.373. The average Bonchev–Trinajstić information content (AvgIpc) is 2.71. The van der Waals surface area contributed by atoms with Crippen molar-refractivity contribution in [3.8, 4) is 5.88 Å². The Kier molecular flexibility index (Phi) is 3.47. The van der Waals surface area contributed by atoms with Crippen LogP contribution in [-0.4, -0.2) is 58.2 Å². The van der Waals surface area contributed by atoms with E-state index in [0.717, 1.165) is 0 Å². The lowest BCUT2D eigenvalue weighted by Crippen LogP contribution is -2.40. The van der Waals surface area contributed by atoms with Gasteiger partial charge < -0.3 is 19.5 Å². The zero-order chi connectivity index (χ0) is 13.1. The molecule has 1 amide bonds. The van der Waals surface area contributed by atoms with Crippen LogP contribution >= 0.6 is 0 Å². The van der Waals surface area contributed by atoms with E-state index in [2.05, 4.69) is 9.84 Å². The number of nitrogens with zero attached hydrogens (tertiary/aromatic N) is 3. The molecule has 1 aromatic rings. The topological polar surface area (TPSA) is 93.9 Å². The number of ether oxygens (including phenoxy) is 2. The number of aryl methyl sites for hydroxylation is 1. The number of morpholine rings is 1. The molecule has 0 radical (unpaired) electrons. The van der Waals surface area contributed by atoms with Crippen LogP contribution in [0, 0.1) is 0 Å². The normalized spacial score (nSPS) is 15.5. The molecule has 0 aromatic carbocycles. The van der Waals surface area contributed by atoms with Gasteiger partial charge in [0.1, 0.15) is 5.56 Å². The summed E-state index contributed by atoms with van der Waals surface area (Å²) in [5, 5.41) is 12.5. The van der Waals surface area contributed by atoms with Gasteiger partial charge in [-0.2, -0.15) is 5.10 Å². The van der Waals surface area contributed by atoms with Gasteiger partial charge in [-0.05, 0) is 0 Å². The lowest BCUT2D eigenvalue weighted by molar-refractivity contribution is 0.0300. The highest BCUT2D eigenvalue weighted by molar-refractivity contribution is 5.96. The molecule has 8 heteroatoms. The zero-order valence-electron chi connectivity index (χ0n) is 9.83. The second-order valence-corrected chi connectivity index (χ2v) is 3.76.